The topological polar surface area (TPSA) is 0 Å². The number of alkyl halides is 2. The van der Waals surface area contributed by atoms with E-state index in [1.165, 1.54) is 12.1 Å². The molecule has 0 nitrogen and oxygen atoms in total. The van der Waals surface area contributed by atoms with Crippen molar-refractivity contribution in [1.29, 1.82) is 0 Å². The summed E-state index contributed by atoms with van der Waals surface area (Å²) in [6.07, 6.45) is -2.34. The van der Waals surface area contributed by atoms with Crippen LogP contribution in [0.2, 0.25) is 0 Å². The maximum absolute atomic E-state index is 11.8. The van der Waals surface area contributed by atoms with Gasteiger partial charge in [0.15, 0.2) is 0 Å². The van der Waals surface area contributed by atoms with Crippen LogP contribution in [0.1, 0.15) is 12.0 Å². The maximum atomic E-state index is 11.8. The van der Waals surface area contributed by atoms with E-state index >= 15 is 0 Å². The van der Waals surface area contributed by atoms with Gasteiger partial charge in [0.2, 0.25) is 0 Å². The summed E-state index contributed by atoms with van der Waals surface area (Å²) in [4.78, 5) is 0. The van der Waals surface area contributed by atoms with E-state index in [4.69, 9.17) is 0 Å². The van der Waals surface area contributed by atoms with Crippen LogP contribution in [-0.2, 0) is 0 Å². The lowest BCUT2D eigenvalue weighted by atomic mass is 10.2. The zero-order chi connectivity index (χ0) is 8.69. The molecule has 0 aliphatic heterocycles. The second-order valence-corrected chi connectivity index (χ2v) is 1.71. The molecule has 0 aliphatic carbocycles. The number of hydrogen-bond donors (Lipinski definition) is 0. The van der Waals surface area contributed by atoms with Crippen LogP contribution in [0.15, 0.2) is 43.5 Å². The summed E-state index contributed by atoms with van der Waals surface area (Å²) in [6, 6.07) is 7.73. The van der Waals surface area contributed by atoms with Gasteiger partial charge in [-0.3, -0.25) is 0 Å². The molecule has 1 aromatic carbocycles. The SMILES string of the molecule is C=C.FC(F)c1ccccc1. The molecule has 0 bridgehead atoms. The van der Waals surface area contributed by atoms with Crippen LogP contribution in [0.3, 0.4) is 0 Å². The molecule has 0 saturated carbocycles. The quantitative estimate of drug-likeness (QED) is 0.546. The highest BCUT2D eigenvalue weighted by atomic mass is 19.3. The standard InChI is InChI=1S/C7H6F2.C2H4/c8-7(9)6-4-2-1-3-5-6;1-2/h1-5,7H;1-2H2. The Morgan fingerprint density at radius 1 is 1.00 bits per heavy atom. The number of hydrogen-bond acceptors (Lipinski definition) is 0. The summed E-state index contributed by atoms with van der Waals surface area (Å²) in [5.74, 6) is 0. The molecule has 1 rings (SSSR count). The Bertz CT molecular complexity index is 182. The Hall–Kier alpha value is -1.18. The van der Waals surface area contributed by atoms with Crippen molar-refractivity contribution in [2.45, 2.75) is 6.43 Å². The molecular weight excluding hydrogens is 146 g/mol. The van der Waals surface area contributed by atoms with Crippen molar-refractivity contribution in [3.63, 3.8) is 0 Å². The average molecular weight is 156 g/mol. The van der Waals surface area contributed by atoms with Gasteiger partial charge < -0.3 is 0 Å². The zero-order valence-electron chi connectivity index (χ0n) is 6.13. The molecule has 0 spiro atoms. The van der Waals surface area contributed by atoms with E-state index in [9.17, 15) is 8.78 Å². The third-order valence-corrected chi connectivity index (χ3v) is 1.05. The monoisotopic (exact) mass is 156 g/mol. The van der Waals surface area contributed by atoms with Gasteiger partial charge in [-0.2, -0.15) is 0 Å². The summed E-state index contributed by atoms with van der Waals surface area (Å²) >= 11 is 0. The minimum Gasteiger partial charge on any atom is -0.205 e. The van der Waals surface area contributed by atoms with Gasteiger partial charge in [0.05, 0.1) is 0 Å². The molecule has 60 valence electrons. The van der Waals surface area contributed by atoms with E-state index in [1.807, 2.05) is 0 Å². The van der Waals surface area contributed by atoms with Crippen LogP contribution in [0.5, 0.6) is 0 Å². The molecule has 0 aromatic heterocycles. The molecule has 1 aromatic rings. The average Bonchev–Trinajstić information content (AvgIpc) is 2.10. The van der Waals surface area contributed by atoms with Crippen molar-refractivity contribution >= 4 is 0 Å². The molecule has 0 aliphatic rings. The fraction of sp³-hybridized carbons (Fsp3) is 0.111. The predicted molar refractivity (Wildman–Crippen MR) is 42.7 cm³/mol. The minimum absolute atomic E-state index is 0.0810. The van der Waals surface area contributed by atoms with Crippen molar-refractivity contribution < 1.29 is 8.78 Å². The number of benzene rings is 1. The first-order chi connectivity index (χ1) is 5.30. The van der Waals surface area contributed by atoms with Gasteiger partial charge in [-0.25, -0.2) is 8.78 Å². The van der Waals surface area contributed by atoms with Gasteiger partial charge in [-0.05, 0) is 0 Å². The summed E-state index contributed by atoms with van der Waals surface area (Å²) in [5, 5.41) is 0. The van der Waals surface area contributed by atoms with Gasteiger partial charge >= 0.3 is 0 Å². The largest absolute Gasteiger partial charge is 0.263 e. The molecule has 2 heteroatoms. The lowest BCUT2D eigenvalue weighted by molar-refractivity contribution is 0.151. The molecule has 11 heavy (non-hydrogen) atoms. The molecule has 0 atom stereocenters. The normalized spacial score (nSPS) is 8.64. The van der Waals surface area contributed by atoms with E-state index in [1.54, 1.807) is 18.2 Å². The second kappa shape index (κ2) is 5.59. The predicted octanol–water partition coefficient (Wildman–Crippen LogP) is 3.43. The van der Waals surface area contributed by atoms with Gasteiger partial charge in [-0.1, -0.05) is 30.3 Å². The smallest absolute Gasteiger partial charge is 0.205 e. The van der Waals surface area contributed by atoms with Gasteiger partial charge in [-0.15, -0.1) is 13.2 Å². The van der Waals surface area contributed by atoms with Crippen molar-refractivity contribution in [2.75, 3.05) is 0 Å². The van der Waals surface area contributed by atoms with Crippen LogP contribution in [0.4, 0.5) is 8.78 Å². The van der Waals surface area contributed by atoms with Crippen LogP contribution >= 0.6 is 0 Å². The molecule has 0 radical (unpaired) electrons. The third-order valence-electron chi connectivity index (χ3n) is 1.05. The van der Waals surface area contributed by atoms with Crippen LogP contribution in [0, 0.1) is 0 Å². The fourth-order valence-corrected chi connectivity index (χ4v) is 0.599. The van der Waals surface area contributed by atoms with Crippen molar-refractivity contribution in [3.8, 4) is 0 Å². The first-order valence-electron chi connectivity index (χ1n) is 3.14. The fourth-order valence-electron chi connectivity index (χ4n) is 0.599. The first-order valence-corrected chi connectivity index (χ1v) is 3.14. The highest BCUT2D eigenvalue weighted by molar-refractivity contribution is 5.15. The molecule has 0 N–H and O–H groups in total. The number of rotatable bonds is 1. The minimum atomic E-state index is -2.34. The van der Waals surface area contributed by atoms with E-state index in [0.717, 1.165) is 0 Å². The molecule has 0 amide bonds. The van der Waals surface area contributed by atoms with E-state index in [0.29, 0.717) is 0 Å². The van der Waals surface area contributed by atoms with Gasteiger partial charge in [0, 0.05) is 5.56 Å². The van der Waals surface area contributed by atoms with Crippen molar-refractivity contribution in [3.05, 3.63) is 49.1 Å². The summed E-state index contributed by atoms with van der Waals surface area (Å²) in [7, 11) is 0. The zero-order valence-corrected chi connectivity index (χ0v) is 6.13. The lowest BCUT2D eigenvalue weighted by Crippen LogP contribution is -1.79. The Labute approximate surface area is 65.2 Å². The Balaban J connectivity index is 0.000000461. The highest BCUT2D eigenvalue weighted by Gasteiger charge is 2.02. The maximum Gasteiger partial charge on any atom is 0.263 e. The lowest BCUT2D eigenvalue weighted by Gasteiger charge is -1.94. The van der Waals surface area contributed by atoms with Crippen molar-refractivity contribution in [1.82, 2.24) is 0 Å². The summed E-state index contributed by atoms with van der Waals surface area (Å²) < 4.78 is 23.5. The van der Waals surface area contributed by atoms with Crippen molar-refractivity contribution in [2.24, 2.45) is 0 Å². The molecule has 0 unspecified atom stereocenters. The Morgan fingerprint density at radius 3 is 1.73 bits per heavy atom. The summed E-state index contributed by atoms with van der Waals surface area (Å²) in [6.45, 7) is 6.00. The van der Waals surface area contributed by atoms with Crippen LogP contribution in [0.25, 0.3) is 0 Å². The molecule has 0 heterocycles. The van der Waals surface area contributed by atoms with Gasteiger partial charge in [0.25, 0.3) is 6.43 Å². The van der Waals surface area contributed by atoms with E-state index < -0.39 is 6.43 Å². The summed E-state index contributed by atoms with van der Waals surface area (Å²) in [5.41, 5.74) is 0.0810. The third kappa shape index (κ3) is 3.50. The highest BCUT2D eigenvalue weighted by Crippen LogP contribution is 2.16. The van der Waals surface area contributed by atoms with Crippen LogP contribution in [-0.4, -0.2) is 0 Å². The second-order valence-electron chi connectivity index (χ2n) is 1.71. The van der Waals surface area contributed by atoms with Gasteiger partial charge in [0.1, 0.15) is 0 Å². The Morgan fingerprint density at radius 2 is 1.45 bits per heavy atom. The van der Waals surface area contributed by atoms with E-state index in [2.05, 4.69) is 13.2 Å². The Kier molecular flexibility index (Phi) is 4.99. The van der Waals surface area contributed by atoms with E-state index in [-0.39, 0.29) is 5.56 Å². The number of halogens is 2. The van der Waals surface area contributed by atoms with Crippen LogP contribution < -0.4 is 0 Å². The molecular formula is C9H10F2. The first kappa shape index (κ1) is 9.82. The molecule has 0 fully saturated rings. The molecule has 0 saturated heterocycles.